The monoisotopic (exact) mass is 422 g/mol. The van der Waals surface area contributed by atoms with Crippen LogP contribution in [0, 0.1) is 0 Å². The van der Waals surface area contributed by atoms with E-state index in [0.717, 1.165) is 44.2 Å². The van der Waals surface area contributed by atoms with Crippen molar-refractivity contribution in [2.45, 2.75) is 0 Å². The molecule has 0 aliphatic carbocycles. The van der Waals surface area contributed by atoms with Gasteiger partial charge in [0.25, 0.3) is 5.91 Å². The number of aromatic nitrogens is 1. The van der Waals surface area contributed by atoms with Crippen LogP contribution in [0.1, 0.15) is 10.4 Å². The molecule has 0 saturated carbocycles. The lowest BCUT2D eigenvalue weighted by Crippen LogP contribution is -2.46. The van der Waals surface area contributed by atoms with Crippen LogP contribution in [0.5, 0.6) is 5.75 Å². The maximum atomic E-state index is 12.3. The standard InChI is InChI=1S/C23H26N4O4/c1-30-21-7-3-2-6-19(21)27-14-12-26(13-15-27)11-5-4-10-24-22(28)17-8-9-20-18(16-17)25-23(29)31-20/h2-9,16H,10-15H2,1H3,(H,24,28)(H,25,29)/b5-4+. The molecule has 0 spiro atoms. The molecule has 8 nitrogen and oxygen atoms in total. The fourth-order valence-electron chi connectivity index (χ4n) is 3.72. The topological polar surface area (TPSA) is 90.8 Å². The first-order valence-corrected chi connectivity index (χ1v) is 10.3. The molecule has 1 aliphatic rings. The molecule has 2 N–H and O–H groups in total. The lowest BCUT2D eigenvalue weighted by molar-refractivity contribution is 0.0958. The van der Waals surface area contributed by atoms with Gasteiger partial charge in [-0.3, -0.25) is 14.7 Å². The molecule has 1 aromatic heterocycles. The maximum Gasteiger partial charge on any atom is 0.417 e. The van der Waals surface area contributed by atoms with E-state index >= 15 is 0 Å². The second-order valence-electron chi connectivity index (χ2n) is 7.37. The highest BCUT2D eigenvalue weighted by Crippen LogP contribution is 2.28. The quantitative estimate of drug-likeness (QED) is 0.568. The summed E-state index contributed by atoms with van der Waals surface area (Å²) in [6.07, 6.45) is 4.04. The number of fused-ring (bicyclic) bond motifs is 1. The van der Waals surface area contributed by atoms with Crippen molar-refractivity contribution in [1.29, 1.82) is 0 Å². The predicted molar refractivity (Wildman–Crippen MR) is 120 cm³/mol. The third kappa shape index (κ3) is 4.97. The zero-order valence-corrected chi connectivity index (χ0v) is 17.5. The Morgan fingerprint density at radius 1 is 1.16 bits per heavy atom. The smallest absolute Gasteiger partial charge is 0.417 e. The molecule has 1 saturated heterocycles. The fraction of sp³-hybridized carbons (Fsp3) is 0.304. The number of carbonyl (C=O) groups excluding carboxylic acids is 1. The summed E-state index contributed by atoms with van der Waals surface area (Å²) in [5.41, 5.74) is 2.57. The van der Waals surface area contributed by atoms with E-state index in [1.165, 1.54) is 0 Å². The van der Waals surface area contributed by atoms with Crippen LogP contribution in [-0.2, 0) is 0 Å². The zero-order valence-electron chi connectivity index (χ0n) is 17.5. The normalized spacial score (nSPS) is 14.9. The molecule has 2 aromatic carbocycles. The summed E-state index contributed by atoms with van der Waals surface area (Å²) < 4.78 is 10.4. The van der Waals surface area contributed by atoms with Crippen molar-refractivity contribution in [3.63, 3.8) is 0 Å². The minimum atomic E-state index is -0.528. The van der Waals surface area contributed by atoms with Crippen LogP contribution < -0.4 is 20.7 Å². The Morgan fingerprint density at radius 2 is 1.97 bits per heavy atom. The van der Waals surface area contributed by atoms with Gasteiger partial charge in [0.15, 0.2) is 5.58 Å². The molecular formula is C23H26N4O4. The number of H-pyrrole nitrogens is 1. The number of nitrogens with one attached hydrogen (secondary N) is 2. The zero-order chi connectivity index (χ0) is 21.6. The van der Waals surface area contributed by atoms with Crippen molar-refractivity contribution in [2.24, 2.45) is 0 Å². The first-order chi connectivity index (χ1) is 15.1. The summed E-state index contributed by atoms with van der Waals surface area (Å²) in [5.74, 6) is 0.183. The number of amides is 1. The summed E-state index contributed by atoms with van der Waals surface area (Å²) in [6, 6.07) is 13.0. The SMILES string of the molecule is COc1ccccc1N1CCN(C/C=C/CNC(=O)c2ccc3oc(=O)[nH]c3c2)CC1. The van der Waals surface area contributed by atoms with E-state index in [1.54, 1.807) is 25.3 Å². The number of oxazole rings is 1. The van der Waals surface area contributed by atoms with Gasteiger partial charge in [0, 0.05) is 44.8 Å². The molecule has 4 rings (SSSR count). The van der Waals surface area contributed by atoms with E-state index in [0.29, 0.717) is 23.2 Å². The highest BCUT2D eigenvalue weighted by atomic mass is 16.5. The van der Waals surface area contributed by atoms with Gasteiger partial charge in [-0.25, -0.2) is 4.79 Å². The van der Waals surface area contributed by atoms with Crippen LogP contribution in [0.15, 0.2) is 63.8 Å². The van der Waals surface area contributed by atoms with Crippen LogP contribution >= 0.6 is 0 Å². The Balaban J connectivity index is 1.21. The maximum absolute atomic E-state index is 12.3. The van der Waals surface area contributed by atoms with Crippen molar-refractivity contribution < 1.29 is 13.9 Å². The summed E-state index contributed by atoms with van der Waals surface area (Å²) in [4.78, 5) is 30.8. The number of piperazine rings is 1. The Morgan fingerprint density at radius 3 is 2.77 bits per heavy atom. The molecule has 1 fully saturated rings. The Bertz CT molecular complexity index is 1130. The number of rotatable bonds is 7. The van der Waals surface area contributed by atoms with E-state index in [1.807, 2.05) is 24.3 Å². The predicted octanol–water partition coefficient (Wildman–Crippen LogP) is 2.24. The molecular weight excluding hydrogens is 396 g/mol. The first kappa shape index (κ1) is 20.7. The third-order valence-electron chi connectivity index (χ3n) is 5.39. The largest absolute Gasteiger partial charge is 0.495 e. The summed E-state index contributed by atoms with van der Waals surface area (Å²) in [7, 11) is 1.70. The Labute approximate surface area is 180 Å². The molecule has 1 amide bonds. The minimum absolute atomic E-state index is 0.195. The van der Waals surface area contributed by atoms with E-state index in [2.05, 4.69) is 32.2 Å². The first-order valence-electron chi connectivity index (χ1n) is 10.3. The molecule has 0 bridgehead atoms. The number of nitrogens with zero attached hydrogens (tertiary/aromatic N) is 2. The number of methoxy groups -OCH3 is 1. The average molecular weight is 422 g/mol. The molecule has 162 valence electrons. The number of ether oxygens (including phenoxy) is 1. The second kappa shape index (κ2) is 9.53. The number of hydrogen-bond acceptors (Lipinski definition) is 6. The van der Waals surface area contributed by atoms with Crippen molar-refractivity contribution in [3.8, 4) is 5.75 Å². The molecule has 1 aliphatic heterocycles. The number of para-hydroxylation sites is 2. The van der Waals surface area contributed by atoms with Crippen molar-refractivity contribution in [2.75, 3.05) is 51.3 Å². The van der Waals surface area contributed by atoms with Crippen molar-refractivity contribution in [3.05, 3.63) is 70.7 Å². The Hall–Kier alpha value is -3.52. The van der Waals surface area contributed by atoms with Crippen LogP contribution in [0.3, 0.4) is 0 Å². The number of anilines is 1. The van der Waals surface area contributed by atoms with Gasteiger partial charge in [0.05, 0.1) is 18.3 Å². The van der Waals surface area contributed by atoms with Gasteiger partial charge in [-0.15, -0.1) is 0 Å². The number of hydrogen-bond donors (Lipinski definition) is 2. The molecule has 31 heavy (non-hydrogen) atoms. The minimum Gasteiger partial charge on any atom is -0.495 e. The fourth-order valence-corrected chi connectivity index (χ4v) is 3.72. The molecule has 3 aromatic rings. The van der Waals surface area contributed by atoms with E-state index in [4.69, 9.17) is 9.15 Å². The number of benzene rings is 2. The molecule has 0 unspecified atom stereocenters. The van der Waals surface area contributed by atoms with Gasteiger partial charge in [0.2, 0.25) is 0 Å². The highest BCUT2D eigenvalue weighted by Gasteiger charge is 2.18. The molecule has 0 radical (unpaired) electrons. The molecule has 0 atom stereocenters. The van der Waals surface area contributed by atoms with E-state index < -0.39 is 5.76 Å². The Kier molecular flexibility index (Phi) is 6.37. The lowest BCUT2D eigenvalue weighted by Gasteiger charge is -2.36. The number of aromatic amines is 1. The lowest BCUT2D eigenvalue weighted by atomic mass is 10.2. The summed E-state index contributed by atoms with van der Waals surface area (Å²) in [6.45, 7) is 5.13. The van der Waals surface area contributed by atoms with Gasteiger partial charge in [-0.05, 0) is 30.3 Å². The van der Waals surface area contributed by atoms with Gasteiger partial charge >= 0.3 is 5.76 Å². The van der Waals surface area contributed by atoms with Gasteiger partial charge < -0.3 is 19.4 Å². The van der Waals surface area contributed by atoms with Gasteiger partial charge in [-0.1, -0.05) is 24.3 Å². The summed E-state index contributed by atoms with van der Waals surface area (Å²) >= 11 is 0. The van der Waals surface area contributed by atoms with Crippen LogP contribution in [-0.4, -0.2) is 62.2 Å². The van der Waals surface area contributed by atoms with Crippen LogP contribution in [0.4, 0.5) is 5.69 Å². The average Bonchev–Trinajstić information content (AvgIpc) is 3.18. The van der Waals surface area contributed by atoms with Gasteiger partial charge in [-0.2, -0.15) is 0 Å². The molecule has 8 heteroatoms. The highest BCUT2D eigenvalue weighted by molar-refractivity contribution is 5.97. The van der Waals surface area contributed by atoms with Crippen molar-refractivity contribution >= 4 is 22.7 Å². The van der Waals surface area contributed by atoms with E-state index in [-0.39, 0.29) is 5.91 Å². The van der Waals surface area contributed by atoms with Gasteiger partial charge in [0.1, 0.15) is 5.75 Å². The summed E-state index contributed by atoms with van der Waals surface area (Å²) in [5, 5.41) is 2.86. The molecule has 2 heterocycles. The number of carbonyl (C=O) groups is 1. The van der Waals surface area contributed by atoms with Crippen molar-refractivity contribution in [1.82, 2.24) is 15.2 Å². The third-order valence-corrected chi connectivity index (χ3v) is 5.39. The van der Waals surface area contributed by atoms with E-state index in [9.17, 15) is 9.59 Å². The van der Waals surface area contributed by atoms with Crippen LogP contribution in [0.25, 0.3) is 11.1 Å². The second-order valence-corrected chi connectivity index (χ2v) is 7.37. The van der Waals surface area contributed by atoms with Crippen LogP contribution in [0.2, 0.25) is 0 Å².